The Morgan fingerprint density at radius 3 is 2.45 bits per heavy atom. The molecule has 1 amide bonds. The van der Waals surface area contributed by atoms with Gasteiger partial charge >= 0.3 is 0 Å². The minimum absolute atomic E-state index is 0.298. The predicted molar refractivity (Wildman–Crippen MR) is 93.3 cm³/mol. The second-order valence-electron chi connectivity index (χ2n) is 6.26. The van der Waals surface area contributed by atoms with Crippen molar-refractivity contribution in [1.82, 2.24) is 10.2 Å². The highest BCUT2D eigenvalue weighted by molar-refractivity contribution is 7.99. The molecule has 2 fully saturated rings. The van der Waals surface area contributed by atoms with Crippen molar-refractivity contribution in [2.24, 2.45) is 11.8 Å². The van der Waals surface area contributed by atoms with Crippen molar-refractivity contribution in [3.8, 4) is 0 Å². The average molecular weight is 339 g/mol. The van der Waals surface area contributed by atoms with Gasteiger partial charge in [0.25, 0.3) is 0 Å². The van der Waals surface area contributed by atoms with Crippen LogP contribution in [0.25, 0.3) is 0 Å². The third-order valence-electron chi connectivity index (χ3n) is 4.78. The van der Waals surface area contributed by atoms with Gasteiger partial charge in [0.1, 0.15) is 0 Å². The van der Waals surface area contributed by atoms with Crippen LogP contribution in [0.4, 0.5) is 0 Å². The van der Waals surface area contributed by atoms with E-state index in [1.54, 1.807) is 11.8 Å². The number of carbonyl (C=O) groups is 1. The van der Waals surface area contributed by atoms with E-state index in [0.29, 0.717) is 11.7 Å². The molecule has 5 heteroatoms. The number of nitrogens with zero attached hydrogens (tertiary/aromatic N) is 1. The van der Waals surface area contributed by atoms with Gasteiger partial charge in [0, 0.05) is 23.9 Å². The SMILES string of the molecule is O=C(CSCc1ccc(Cl)cc1)N1CC[C@@H]2CNC[C@@H]2CC1. The normalized spacial score (nSPS) is 24.9. The Kier molecular flexibility index (Phi) is 5.66. The zero-order chi connectivity index (χ0) is 15.4. The minimum atomic E-state index is 0.298. The van der Waals surface area contributed by atoms with E-state index in [1.807, 2.05) is 24.3 Å². The number of fused-ring (bicyclic) bond motifs is 1. The van der Waals surface area contributed by atoms with Gasteiger partial charge in [-0.05, 0) is 55.5 Å². The van der Waals surface area contributed by atoms with Crippen LogP contribution < -0.4 is 5.32 Å². The first-order chi connectivity index (χ1) is 10.7. The molecule has 0 spiro atoms. The van der Waals surface area contributed by atoms with E-state index in [-0.39, 0.29) is 0 Å². The van der Waals surface area contributed by atoms with Crippen molar-refractivity contribution >= 4 is 29.3 Å². The van der Waals surface area contributed by atoms with E-state index in [9.17, 15) is 4.79 Å². The number of halogens is 1. The van der Waals surface area contributed by atoms with Gasteiger partial charge in [-0.2, -0.15) is 0 Å². The fraction of sp³-hybridized carbons (Fsp3) is 0.588. The number of rotatable bonds is 4. The van der Waals surface area contributed by atoms with E-state index in [2.05, 4.69) is 10.2 Å². The molecule has 2 heterocycles. The van der Waals surface area contributed by atoms with E-state index in [4.69, 9.17) is 11.6 Å². The molecule has 2 atom stereocenters. The van der Waals surface area contributed by atoms with Crippen LogP contribution in [-0.2, 0) is 10.5 Å². The molecule has 2 saturated heterocycles. The molecular weight excluding hydrogens is 316 g/mol. The molecule has 0 aromatic heterocycles. The van der Waals surface area contributed by atoms with Gasteiger partial charge < -0.3 is 10.2 Å². The summed E-state index contributed by atoms with van der Waals surface area (Å²) < 4.78 is 0. The molecule has 3 rings (SSSR count). The lowest BCUT2D eigenvalue weighted by Gasteiger charge is -2.20. The van der Waals surface area contributed by atoms with Crippen LogP contribution in [0.3, 0.4) is 0 Å². The number of hydrogen-bond acceptors (Lipinski definition) is 3. The largest absolute Gasteiger partial charge is 0.342 e. The standard InChI is InChI=1S/C17H23ClN2OS/c18-16-3-1-13(2-4-16)11-22-12-17(21)20-7-5-14-9-19-10-15(14)6-8-20/h1-4,14-15,19H,5-12H2/t14-,15+. The Balaban J connectivity index is 1.42. The van der Waals surface area contributed by atoms with Crippen LogP contribution >= 0.6 is 23.4 Å². The Morgan fingerprint density at radius 2 is 1.82 bits per heavy atom. The molecule has 0 bridgehead atoms. The summed E-state index contributed by atoms with van der Waals surface area (Å²) in [6.45, 7) is 4.14. The van der Waals surface area contributed by atoms with Crippen LogP contribution in [0.5, 0.6) is 0 Å². The van der Waals surface area contributed by atoms with E-state index in [0.717, 1.165) is 61.6 Å². The van der Waals surface area contributed by atoms with Crippen molar-refractivity contribution in [2.75, 3.05) is 31.9 Å². The molecular formula is C17H23ClN2OS. The van der Waals surface area contributed by atoms with Crippen LogP contribution in [0.1, 0.15) is 18.4 Å². The minimum Gasteiger partial charge on any atom is -0.342 e. The van der Waals surface area contributed by atoms with E-state index < -0.39 is 0 Å². The summed E-state index contributed by atoms with van der Waals surface area (Å²) in [6.07, 6.45) is 2.32. The number of benzene rings is 1. The second-order valence-corrected chi connectivity index (χ2v) is 7.68. The lowest BCUT2D eigenvalue weighted by atomic mass is 9.92. The molecule has 0 saturated carbocycles. The fourth-order valence-corrected chi connectivity index (χ4v) is 4.41. The third-order valence-corrected chi connectivity index (χ3v) is 6.02. The number of hydrogen-bond donors (Lipinski definition) is 1. The van der Waals surface area contributed by atoms with Gasteiger partial charge in [0.05, 0.1) is 5.75 Å². The highest BCUT2D eigenvalue weighted by Gasteiger charge is 2.31. The maximum Gasteiger partial charge on any atom is 0.232 e. The Morgan fingerprint density at radius 1 is 1.18 bits per heavy atom. The molecule has 3 nitrogen and oxygen atoms in total. The quantitative estimate of drug-likeness (QED) is 0.915. The van der Waals surface area contributed by atoms with Gasteiger partial charge in [-0.1, -0.05) is 23.7 Å². The first-order valence-electron chi connectivity index (χ1n) is 8.03. The second kappa shape index (κ2) is 7.71. The summed E-state index contributed by atoms with van der Waals surface area (Å²) in [4.78, 5) is 14.5. The summed E-state index contributed by atoms with van der Waals surface area (Å²) in [5, 5.41) is 4.23. The molecule has 0 radical (unpaired) electrons. The summed E-state index contributed by atoms with van der Waals surface area (Å²) in [5.74, 6) is 3.30. The first-order valence-corrected chi connectivity index (χ1v) is 9.56. The van der Waals surface area contributed by atoms with Crippen LogP contribution in [0.15, 0.2) is 24.3 Å². The van der Waals surface area contributed by atoms with Crippen molar-refractivity contribution in [3.63, 3.8) is 0 Å². The topological polar surface area (TPSA) is 32.3 Å². The third kappa shape index (κ3) is 4.18. The summed E-state index contributed by atoms with van der Waals surface area (Å²) in [6, 6.07) is 7.86. The zero-order valence-electron chi connectivity index (χ0n) is 12.8. The Labute approximate surface area is 141 Å². The Bertz CT molecular complexity index is 494. The van der Waals surface area contributed by atoms with Gasteiger partial charge in [0.15, 0.2) is 0 Å². The summed E-state index contributed by atoms with van der Waals surface area (Å²) in [5.41, 5.74) is 1.22. The molecule has 2 aliphatic heterocycles. The smallest absolute Gasteiger partial charge is 0.232 e. The number of likely N-dealkylation sites (tertiary alicyclic amines) is 1. The lowest BCUT2D eigenvalue weighted by Crippen LogP contribution is -2.34. The number of amides is 1. The van der Waals surface area contributed by atoms with Gasteiger partial charge in [-0.25, -0.2) is 0 Å². The maximum atomic E-state index is 12.4. The summed E-state index contributed by atoms with van der Waals surface area (Å²) >= 11 is 7.58. The number of nitrogens with one attached hydrogen (secondary N) is 1. The average Bonchev–Trinajstić information content (AvgIpc) is 2.87. The first kappa shape index (κ1) is 16.2. The molecule has 0 unspecified atom stereocenters. The Hall–Kier alpha value is -0.710. The van der Waals surface area contributed by atoms with Gasteiger partial charge in [-0.3, -0.25) is 4.79 Å². The van der Waals surface area contributed by atoms with Crippen molar-refractivity contribution < 1.29 is 4.79 Å². The number of carbonyl (C=O) groups excluding carboxylic acids is 1. The summed E-state index contributed by atoms with van der Waals surface area (Å²) in [7, 11) is 0. The van der Waals surface area contributed by atoms with Crippen LogP contribution in [0, 0.1) is 11.8 Å². The van der Waals surface area contributed by atoms with E-state index in [1.165, 1.54) is 5.56 Å². The van der Waals surface area contributed by atoms with Gasteiger partial charge in [-0.15, -0.1) is 11.8 Å². The van der Waals surface area contributed by atoms with Crippen molar-refractivity contribution in [3.05, 3.63) is 34.9 Å². The predicted octanol–water partition coefficient (Wildman–Crippen LogP) is 3.03. The molecule has 1 aromatic rings. The molecule has 22 heavy (non-hydrogen) atoms. The van der Waals surface area contributed by atoms with Crippen molar-refractivity contribution in [1.29, 1.82) is 0 Å². The van der Waals surface area contributed by atoms with Crippen LogP contribution in [-0.4, -0.2) is 42.7 Å². The van der Waals surface area contributed by atoms with Gasteiger partial charge in [0.2, 0.25) is 5.91 Å². The molecule has 1 aromatic carbocycles. The maximum absolute atomic E-state index is 12.4. The highest BCUT2D eigenvalue weighted by atomic mass is 35.5. The highest BCUT2D eigenvalue weighted by Crippen LogP contribution is 2.27. The molecule has 120 valence electrons. The monoisotopic (exact) mass is 338 g/mol. The zero-order valence-corrected chi connectivity index (χ0v) is 14.3. The molecule has 2 aliphatic rings. The molecule has 1 N–H and O–H groups in total. The lowest BCUT2D eigenvalue weighted by molar-refractivity contribution is -0.128. The fourth-order valence-electron chi connectivity index (χ4n) is 3.40. The molecule has 0 aliphatic carbocycles. The number of thioether (sulfide) groups is 1. The van der Waals surface area contributed by atoms with Crippen LogP contribution in [0.2, 0.25) is 5.02 Å². The van der Waals surface area contributed by atoms with Crippen molar-refractivity contribution in [2.45, 2.75) is 18.6 Å². The van der Waals surface area contributed by atoms with E-state index >= 15 is 0 Å².